The van der Waals surface area contributed by atoms with E-state index in [1.165, 1.54) is 4.88 Å². The fourth-order valence-electron chi connectivity index (χ4n) is 1.65. The Morgan fingerprint density at radius 3 is 2.45 bits per heavy atom. The molecule has 0 unspecified atom stereocenters. The van der Waals surface area contributed by atoms with E-state index in [1.807, 2.05) is 50.2 Å². The third-order valence-electron chi connectivity index (χ3n) is 2.76. The Kier molecular flexibility index (Phi) is 4.53. The van der Waals surface area contributed by atoms with Crippen molar-refractivity contribution in [1.82, 2.24) is 5.43 Å². The maximum atomic E-state index is 11.9. The first-order chi connectivity index (χ1) is 9.56. The van der Waals surface area contributed by atoms with Crippen LogP contribution in [0.5, 0.6) is 0 Å². The lowest BCUT2D eigenvalue weighted by atomic mass is 10.2. The highest BCUT2D eigenvalue weighted by Gasteiger charge is 2.04. The molecule has 0 spiro atoms. The highest BCUT2D eigenvalue weighted by atomic mass is 32.1. The number of hydrogen-bond donors (Lipinski definition) is 1. The molecule has 0 fully saturated rings. The minimum absolute atomic E-state index is 0.208. The molecule has 5 heteroatoms. The second kappa shape index (κ2) is 6.34. The van der Waals surface area contributed by atoms with Crippen molar-refractivity contribution in [2.45, 2.75) is 6.92 Å². The summed E-state index contributed by atoms with van der Waals surface area (Å²) in [6.45, 7) is 2.03. The molecule has 1 aromatic heterocycles. The van der Waals surface area contributed by atoms with Gasteiger partial charge in [0, 0.05) is 35.1 Å². The van der Waals surface area contributed by atoms with Gasteiger partial charge in [-0.1, -0.05) is 0 Å². The number of nitrogens with zero attached hydrogens (tertiary/aromatic N) is 2. The summed E-state index contributed by atoms with van der Waals surface area (Å²) in [6.07, 6.45) is 1.66. The molecular formula is C15H17N3OS. The van der Waals surface area contributed by atoms with Gasteiger partial charge in [-0.2, -0.15) is 5.10 Å². The number of rotatable bonds is 4. The van der Waals surface area contributed by atoms with Gasteiger partial charge in [-0.15, -0.1) is 11.3 Å². The molecule has 104 valence electrons. The summed E-state index contributed by atoms with van der Waals surface area (Å²) in [5, 5.41) is 3.96. The van der Waals surface area contributed by atoms with Crippen LogP contribution in [-0.2, 0) is 0 Å². The average molecular weight is 287 g/mol. The Labute approximate surface area is 122 Å². The zero-order valence-corrected chi connectivity index (χ0v) is 12.6. The number of carbonyl (C=O) groups excluding carboxylic acids is 1. The first kappa shape index (κ1) is 14.3. The van der Waals surface area contributed by atoms with Crippen LogP contribution in [0.15, 0.2) is 41.5 Å². The number of benzene rings is 1. The summed E-state index contributed by atoms with van der Waals surface area (Å²) < 4.78 is 0. The van der Waals surface area contributed by atoms with Crippen molar-refractivity contribution in [3.05, 3.63) is 51.7 Å². The van der Waals surface area contributed by atoms with Crippen LogP contribution >= 0.6 is 11.3 Å². The number of anilines is 1. The third-order valence-corrected chi connectivity index (χ3v) is 3.70. The lowest BCUT2D eigenvalue weighted by Crippen LogP contribution is -2.17. The maximum Gasteiger partial charge on any atom is 0.271 e. The standard InChI is InChI=1S/C15H17N3OS/c1-11-4-9-14(20-11)10-16-17-15(19)12-5-7-13(8-6-12)18(2)3/h4-10H,1-3H3,(H,17,19)/b16-10+. The van der Waals surface area contributed by atoms with Gasteiger partial charge < -0.3 is 4.90 Å². The van der Waals surface area contributed by atoms with Gasteiger partial charge in [-0.3, -0.25) is 4.79 Å². The number of aryl methyl sites for hydroxylation is 1. The highest BCUT2D eigenvalue weighted by molar-refractivity contribution is 7.13. The van der Waals surface area contributed by atoms with Gasteiger partial charge in [0.2, 0.25) is 0 Å². The van der Waals surface area contributed by atoms with Gasteiger partial charge >= 0.3 is 0 Å². The second-order valence-electron chi connectivity index (χ2n) is 4.59. The fourth-order valence-corrected chi connectivity index (χ4v) is 2.40. The minimum Gasteiger partial charge on any atom is -0.378 e. The average Bonchev–Trinajstić information content (AvgIpc) is 2.84. The monoisotopic (exact) mass is 287 g/mol. The second-order valence-corrected chi connectivity index (χ2v) is 5.91. The molecule has 1 amide bonds. The van der Waals surface area contributed by atoms with Gasteiger partial charge in [-0.25, -0.2) is 5.43 Å². The number of thiophene rings is 1. The Morgan fingerprint density at radius 1 is 1.20 bits per heavy atom. The van der Waals surface area contributed by atoms with E-state index in [1.54, 1.807) is 29.7 Å². The van der Waals surface area contributed by atoms with Gasteiger partial charge in [0.15, 0.2) is 0 Å². The Bertz CT molecular complexity index is 614. The summed E-state index contributed by atoms with van der Waals surface area (Å²) in [5.41, 5.74) is 4.18. The quantitative estimate of drug-likeness (QED) is 0.694. The molecule has 1 heterocycles. The number of nitrogens with one attached hydrogen (secondary N) is 1. The molecule has 0 aliphatic heterocycles. The molecule has 4 nitrogen and oxygen atoms in total. The Hall–Kier alpha value is -2.14. The van der Waals surface area contributed by atoms with E-state index in [-0.39, 0.29) is 5.91 Å². The van der Waals surface area contributed by atoms with Crippen molar-refractivity contribution < 1.29 is 4.79 Å². The zero-order valence-electron chi connectivity index (χ0n) is 11.8. The predicted molar refractivity (Wildman–Crippen MR) is 84.9 cm³/mol. The van der Waals surface area contributed by atoms with Crippen LogP contribution in [-0.4, -0.2) is 26.2 Å². The van der Waals surface area contributed by atoms with Crippen molar-refractivity contribution in [2.75, 3.05) is 19.0 Å². The van der Waals surface area contributed by atoms with Gasteiger partial charge in [0.05, 0.1) is 6.21 Å². The lowest BCUT2D eigenvalue weighted by Gasteiger charge is -2.12. The maximum absolute atomic E-state index is 11.9. The lowest BCUT2D eigenvalue weighted by molar-refractivity contribution is 0.0955. The summed E-state index contributed by atoms with van der Waals surface area (Å²) in [4.78, 5) is 16.1. The largest absolute Gasteiger partial charge is 0.378 e. The minimum atomic E-state index is -0.208. The summed E-state index contributed by atoms with van der Waals surface area (Å²) in [5.74, 6) is -0.208. The van der Waals surface area contributed by atoms with E-state index in [9.17, 15) is 4.79 Å². The van der Waals surface area contributed by atoms with Crippen LogP contribution in [0.2, 0.25) is 0 Å². The van der Waals surface area contributed by atoms with Crippen molar-refractivity contribution in [3.63, 3.8) is 0 Å². The van der Waals surface area contributed by atoms with Gasteiger partial charge in [-0.05, 0) is 43.3 Å². The Morgan fingerprint density at radius 2 is 1.90 bits per heavy atom. The van der Waals surface area contributed by atoms with E-state index < -0.39 is 0 Å². The van der Waals surface area contributed by atoms with Crippen LogP contribution < -0.4 is 10.3 Å². The summed E-state index contributed by atoms with van der Waals surface area (Å²) >= 11 is 1.63. The summed E-state index contributed by atoms with van der Waals surface area (Å²) in [7, 11) is 3.92. The molecule has 0 saturated carbocycles. The van der Waals surface area contributed by atoms with Crippen LogP contribution in [0.3, 0.4) is 0 Å². The van der Waals surface area contributed by atoms with Crippen LogP contribution in [0.4, 0.5) is 5.69 Å². The molecule has 2 aromatic rings. The number of carbonyl (C=O) groups is 1. The molecule has 1 aromatic carbocycles. The van der Waals surface area contributed by atoms with Crippen molar-refractivity contribution >= 4 is 29.1 Å². The molecule has 0 aliphatic carbocycles. The molecule has 0 bridgehead atoms. The third kappa shape index (κ3) is 3.68. The number of hydrogen-bond acceptors (Lipinski definition) is 4. The van der Waals surface area contributed by atoms with Crippen LogP contribution in [0.1, 0.15) is 20.1 Å². The van der Waals surface area contributed by atoms with Crippen LogP contribution in [0.25, 0.3) is 0 Å². The molecule has 0 aliphatic rings. The first-order valence-corrected chi connectivity index (χ1v) is 7.05. The van der Waals surface area contributed by atoms with Crippen molar-refractivity contribution in [2.24, 2.45) is 5.10 Å². The van der Waals surface area contributed by atoms with E-state index in [0.717, 1.165) is 10.6 Å². The first-order valence-electron chi connectivity index (χ1n) is 6.23. The molecule has 2 rings (SSSR count). The molecule has 20 heavy (non-hydrogen) atoms. The normalized spacial score (nSPS) is 10.8. The summed E-state index contributed by atoms with van der Waals surface area (Å²) in [6, 6.07) is 11.4. The Balaban J connectivity index is 1.96. The zero-order chi connectivity index (χ0) is 14.5. The van der Waals surface area contributed by atoms with Gasteiger partial charge in [0.25, 0.3) is 5.91 Å². The molecule has 0 atom stereocenters. The SMILES string of the molecule is Cc1ccc(/C=N/NC(=O)c2ccc(N(C)C)cc2)s1. The van der Waals surface area contributed by atoms with E-state index in [2.05, 4.69) is 10.5 Å². The molecular weight excluding hydrogens is 270 g/mol. The fraction of sp³-hybridized carbons (Fsp3) is 0.200. The molecule has 0 saturated heterocycles. The molecule has 1 N–H and O–H groups in total. The van der Waals surface area contributed by atoms with Crippen LogP contribution in [0, 0.1) is 6.92 Å². The smallest absolute Gasteiger partial charge is 0.271 e. The number of hydrazone groups is 1. The number of amides is 1. The van der Waals surface area contributed by atoms with E-state index in [4.69, 9.17) is 0 Å². The van der Waals surface area contributed by atoms with Gasteiger partial charge in [0.1, 0.15) is 0 Å². The van der Waals surface area contributed by atoms with E-state index >= 15 is 0 Å². The highest BCUT2D eigenvalue weighted by Crippen LogP contribution is 2.13. The topological polar surface area (TPSA) is 44.7 Å². The van der Waals surface area contributed by atoms with Crippen molar-refractivity contribution in [1.29, 1.82) is 0 Å². The van der Waals surface area contributed by atoms with Crippen molar-refractivity contribution in [3.8, 4) is 0 Å². The van der Waals surface area contributed by atoms with E-state index in [0.29, 0.717) is 5.56 Å². The molecule has 0 radical (unpaired) electrons. The predicted octanol–water partition coefficient (Wildman–Crippen LogP) is 2.89.